The number of piperidine rings is 1. The molecule has 2 aromatic heterocycles. The van der Waals surface area contributed by atoms with Crippen molar-refractivity contribution in [3.05, 3.63) is 24.2 Å². The van der Waals surface area contributed by atoms with Crippen molar-refractivity contribution in [3.8, 4) is 0 Å². The first-order valence-corrected chi connectivity index (χ1v) is 9.67. The van der Waals surface area contributed by atoms with E-state index in [2.05, 4.69) is 32.7 Å². The molecule has 4 rings (SSSR count). The van der Waals surface area contributed by atoms with E-state index < -0.39 is 0 Å². The van der Waals surface area contributed by atoms with Gasteiger partial charge in [0.15, 0.2) is 5.65 Å². The highest BCUT2D eigenvalue weighted by atomic mass is 32.2. The molecule has 0 unspecified atom stereocenters. The van der Waals surface area contributed by atoms with Gasteiger partial charge in [-0.1, -0.05) is 0 Å². The Morgan fingerprint density at radius 2 is 2.00 bits per heavy atom. The van der Waals surface area contributed by atoms with E-state index >= 15 is 0 Å². The molecule has 22 heavy (non-hydrogen) atoms. The van der Waals surface area contributed by atoms with Crippen LogP contribution < -0.4 is 5.32 Å². The summed E-state index contributed by atoms with van der Waals surface area (Å²) in [7, 11) is 0. The Bertz CT molecular complexity index is 627. The van der Waals surface area contributed by atoms with Gasteiger partial charge in [-0.05, 0) is 68.3 Å². The van der Waals surface area contributed by atoms with Gasteiger partial charge in [0.2, 0.25) is 0 Å². The number of imidazole rings is 1. The second kappa shape index (κ2) is 6.59. The molecule has 0 radical (unpaired) electrons. The summed E-state index contributed by atoms with van der Waals surface area (Å²) in [5, 5.41) is 3.47. The van der Waals surface area contributed by atoms with Gasteiger partial charge in [-0.3, -0.25) is 0 Å². The molecule has 0 bridgehead atoms. The Balaban J connectivity index is 1.68. The van der Waals surface area contributed by atoms with Crippen LogP contribution in [0, 0.1) is 5.92 Å². The monoisotopic (exact) mass is 316 g/mol. The number of rotatable bonds is 3. The Kier molecular flexibility index (Phi) is 4.35. The van der Waals surface area contributed by atoms with Crippen molar-refractivity contribution in [2.24, 2.45) is 5.92 Å². The zero-order valence-corrected chi connectivity index (χ0v) is 13.8. The third kappa shape index (κ3) is 2.88. The third-order valence-electron chi connectivity index (χ3n) is 5.01. The lowest BCUT2D eigenvalue weighted by atomic mass is 9.98. The lowest BCUT2D eigenvalue weighted by Crippen LogP contribution is -2.30. The topological polar surface area (TPSA) is 42.7 Å². The highest BCUT2D eigenvalue weighted by molar-refractivity contribution is 7.99. The summed E-state index contributed by atoms with van der Waals surface area (Å²) >= 11 is 2.10. The summed E-state index contributed by atoms with van der Waals surface area (Å²) in [6.45, 7) is 2.22. The van der Waals surface area contributed by atoms with Crippen LogP contribution >= 0.6 is 11.8 Å². The molecule has 118 valence electrons. The van der Waals surface area contributed by atoms with Gasteiger partial charge in [-0.15, -0.1) is 0 Å². The molecular formula is C17H24N4S. The molecule has 2 fully saturated rings. The highest BCUT2D eigenvalue weighted by Gasteiger charge is 2.24. The second-order valence-electron chi connectivity index (χ2n) is 6.49. The van der Waals surface area contributed by atoms with Crippen molar-refractivity contribution in [3.63, 3.8) is 0 Å². The molecule has 0 amide bonds. The lowest BCUT2D eigenvalue weighted by Gasteiger charge is -2.27. The average molecular weight is 316 g/mol. The van der Waals surface area contributed by atoms with Crippen molar-refractivity contribution < 1.29 is 0 Å². The minimum Gasteiger partial charge on any atom is -0.317 e. The second-order valence-corrected chi connectivity index (χ2v) is 7.71. The van der Waals surface area contributed by atoms with E-state index in [9.17, 15) is 0 Å². The van der Waals surface area contributed by atoms with Crippen molar-refractivity contribution in [2.75, 3.05) is 24.6 Å². The average Bonchev–Trinajstić information content (AvgIpc) is 2.94. The van der Waals surface area contributed by atoms with Crippen LogP contribution in [0.2, 0.25) is 0 Å². The molecule has 1 N–H and O–H groups in total. The Morgan fingerprint density at radius 1 is 1.18 bits per heavy atom. The number of hydrogen-bond acceptors (Lipinski definition) is 4. The quantitative estimate of drug-likeness (QED) is 0.945. The zero-order valence-electron chi connectivity index (χ0n) is 13.0. The van der Waals surface area contributed by atoms with Crippen molar-refractivity contribution >= 4 is 22.9 Å². The van der Waals surface area contributed by atoms with Gasteiger partial charge in [-0.2, -0.15) is 11.8 Å². The maximum atomic E-state index is 4.96. The molecule has 4 nitrogen and oxygen atoms in total. The lowest BCUT2D eigenvalue weighted by molar-refractivity contribution is 0.356. The van der Waals surface area contributed by atoms with Crippen LogP contribution in [0.5, 0.6) is 0 Å². The van der Waals surface area contributed by atoms with Gasteiger partial charge in [-0.25, -0.2) is 9.97 Å². The molecular weight excluding hydrogens is 292 g/mol. The summed E-state index contributed by atoms with van der Waals surface area (Å²) in [4.78, 5) is 9.60. The van der Waals surface area contributed by atoms with Gasteiger partial charge < -0.3 is 9.88 Å². The molecule has 0 saturated carbocycles. The summed E-state index contributed by atoms with van der Waals surface area (Å²) in [6, 6.07) is 4.68. The molecule has 2 saturated heterocycles. The molecule has 2 aliphatic rings. The largest absolute Gasteiger partial charge is 0.317 e. The minimum atomic E-state index is 0.564. The number of aromatic nitrogens is 3. The first kappa shape index (κ1) is 14.5. The van der Waals surface area contributed by atoms with Crippen LogP contribution in [-0.4, -0.2) is 39.1 Å². The molecule has 4 heterocycles. The van der Waals surface area contributed by atoms with Crippen molar-refractivity contribution in [2.45, 2.75) is 38.1 Å². The Labute approximate surface area is 136 Å². The van der Waals surface area contributed by atoms with Crippen molar-refractivity contribution in [1.82, 2.24) is 19.9 Å². The predicted molar refractivity (Wildman–Crippen MR) is 92.4 cm³/mol. The maximum Gasteiger partial charge on any atom is 0.160 e. The van der Waals surface area contributed by atoms with E-state index in [4.69, 9.17) is 4.98 Å². The van der Waals surface area contributed by atoms with Gasteiger partial charge >= 0.3 is 0 Å². The van der Waals surface area contributed by atoms with Crippen LogP contribution in [0.4, 0.5) is 0 Å². The van der Waals surface area contributed by atoms with E-state index in [1.165, 1.54) is 43.0 Å². The van der Waals surface area contributed by atoms with Crippen LogP contribution in [0.3, 0.4) is 0 Å². The Morgan fingerprint density at radius 3 is 2.82 bits per heavy atom. The fraction of sp³-hybridized carbons (Fsp3) is 0.647. The van der Waals surface area contributed by atoms with E-state index in [1.807, 2.05) is 12.3 Å². The third-order valence-corrected chi connectivity index (χ3v) is 6.06. The van der Waals surface area contributed by atoms with E-state index in [0.717, 1.165) is 36.6 Å². The SMILES string of the molecule is c1cnc2c(c1)nc(CC1CCSCC1)n2C1CCNCC1. The van der Waals surface area contributed by atoms with E-state index in [1.54, 1.807) is 0 Å². The number of pyridine rings is 1. The summed E-state index contributed by atoms with van der Waals surface area (Å²) in [5.41, 5.74) is 2.16. The molecule has 2 aliphatic heterocycles. The van der Waals surface area contributed by atoms with E-state index in [0.29, 0.717) is 6.04 Å². The van der Waals surface area contributed by atoms with Crippen LogP contribution in [0.1, 0.15) is 37.5 Å². The summed E-state index contributed by atoms with van der Waals surface area (Å²) in [6.07, 6.45) is 8.09. The molecule has 0 aliphatic carbocycles. The fourth-order valence-electron chi connectivity index (χ4n) is 3.78. The van der Waals surface area contributed by atoms with Crippen molar-refractivity contribution in [1.29, 1.82) is 0 Å². The summed E-state index contributed by atoms with van der Waals surface area (Å²) in [5.74, 6) is 4.71. The van der Waals surface area contributed by atoms with Gasteiger partial charge in [0.1, 0.15) is 11.3 Å². The number of thioether (sulfide) groups is 1. The maximum absolute atomic E-state index is 4.96. The Hall–Kier alpha value is -1.07. The molecule has 5 heteroatoms. The van der Waals surface area contributed by atoms with Crippen LogP contribution in [-0.2, 0) is 6.42 Å². The molecule has 0 aromatic carbocycles. The van der Waals surface area contributed by atoms with Crippen LogP contribution in [0.15, 0.2) is 18.3 Å². The van der Waals surface area contributed by atoms with Crippen LogP contribution in [0.25, 0.3) is 11.2 Å². The highest BCUT2D eigenvalue weighted by Crippen LogP contribution is 2.30. The first-order valence-electron chi connectivity index (χ1n) is 8.52. The fourth-order valence-corrected chi connectivity index (χ4v) is 4.98. The van der Waals surface area contributed by atoms with Gasteiger partial charge in [0.05, 0.1) is 0 Å². The predicted octanol–water partition coefficient (Wildman–Crippen LogP) is 3.04. The summed E-state index contributed by atoms with van der Waals surface area (Å²) < 4.78 is 2.47. The number of nitrogens with one attached hydrogen (secondary N) is 1. The van der Waals surface area contributed by atoms with Gasteiger partial charge in [0.25, 0.3) is 0 Å². The molecule has 2 aromatic rings. The minimum absolute atomic E-state index is 0.564. The normalized spacial score (nSPS) is 21.5. The molecule has 0 spiro atoms. The number of hydrogen-bond donors (Lipinski definition) is 1. The smallest absolute Gasteiger partial charge is 0.160 e. The number of nitrogens with zero attached hydrogens (tertiary/aromatic N) is 3. The van der Waals surface area contributed by atoms with E-state index in [-0.39, 0.29) is 0 Å². The number of fused-ring (bicyclic) bond motifs is 1. The zero-order chi connectivity index (χ0) is 14.8. The first-order chi connectivity index (χ1) is 10.9. The molecule has 0 atom stereocenters. The van der Waals surface area contributed by atoms with Gasteiger partial charge in [0, 0.05) is 18.7 Å². The standard InChI is InChI=1S/C17H24N4S/c1-2-15-17(19-7-1)21(14-3-8-18-9-4-14)16(20-15)12-13-5-10-22-11-6-13/h1-2,7,13-14,18H,3-6,8-12H2.